The maximum Gasteiger partial charge on any atom is 0.481 e. The van der Waals surface area contributed by atoms with E-state index >= 15 is 0 Å². The van der Waals surface area contributed by atoms with Crippen LogP contribution in [0.1, 0.15) is 64.0 Å². The first-order chi connectivity index (χ1) is 22.6. The fourth-order valence-electron chi connectivity index (χ4n) is 8.80. The van der Waals surface area contributed by atoms with Crippen LogP contribution >= 0.6 is 0 Å². The molecule has 0 radical (unpaired) electrons. The molecule has 8 rings (SSSR count). The van der Waals surface area contributed by atoms with E-state index < -0.39 is 19.3 Å². The van der Waals surface area contributed by atoms with E-state index in [1.807, 2.05) is 65.6 Å². The number of nitrogens with zero attached hydrogens (tertiary/aromatic N) is 3. The molecule has 2 bridgehead atoms. The molecule has 3 heterocycles. The van der Waals surface area contributed by atoms with Crippen molar-refractivity contribution in [2.24, 2.45) is 17.3 Å². The molecule has 6 fully saturated rings. The first kappa shape index (κ1) is 32.0. The third kappa shape index (κ3) is 6.12. The summed E-state index contributed by atoms with van der Waals surface area (Å²) in [6, 6.07) is 18.6. The lowest BCUT2D eigenvalue weighted by Gasteiger charge is -2.64. The number of likely N-dealkylation sites (tertiary alicyclic amines) is 2. The van der Waals surface area contributed by atoms with Crippen LogP contribution in [0.25, 0.3) is 0 Å². The van der Waals surface area contributed by atoms with E-state index in [4.69, 9.17) is 18.8 Å². The summed E-state index contributed by atoms with van der Waals surface area (Å²) in [4.78, 5) is 45.6. The van der Waals surface area contributed by atoms with Crippen LogP contribution < -0.4 is 0 Å². The number of hydrogen-bond acceptors (Lipinski definition) is 7. The van der Waals surface area contributed by atoms with Gasteiger partial charge >= 0.3 is 19.3 Å². The zero-order valence-corrected chi connectivity index (χ0v) is 27.7. The molecule has 6 aliphatic rings. The van der Waals surface area contributed by atoms with Crippen molar-refractivity contribution >= 4 is 25.2 Å². The number of benzene rings is 2. The van der Waals surface area contributed by atoms with Gasteiger partial charge in [0.25, 0.3) is 0 Å². The molecule has 3 saturated carbocycles. The van der Waals surface area contributed by atoms with Gasteiger partial charge in [0.1, 0.15) is 19.8 Å². The van der Waals surface area contributed by atoms with Gasteiger partial charge in [0.15, 0.2) is 0 Å². The molecule has 2 aromatic rings. The Hall–Kier alpha value is -3.57. The Morgan fingerprint density at radius 1 is 0.915 bits per heavy atom. The Bertz CT molecular complexity index is 1460. The summed E-state index contributed by atoms with van der Waals surface area (Å²) in [5.41, 5.74) is 1.64. The number of ether oxygens (including phenoxy) is 2. The Balaban J connectivity index is 1.02. The lowest BCUT2D eigenvalue weighted by molar-refractivity contribution is -0.199. The normalized spacial score (nSPS) is 30.4. The van der Waals surface area contributed by atoms with Gasteiger partial charge in [-0.05, 0) is 67.4 Å². The summed E-state index contributed by atoms with van der Waals surface area (Å²) in [6.45, 7) is 8.26. The van der Waals surface area contributed by atoms with Crippen LogP contribution in [-0.4, -0.2) is 89.8 Å². The number of amides is 3. The molecule has 2 aromatic carbocycles. The molecule has 0 spiro atoms. The van der Waals surface area contributed by atoms with Crippen molar-refractivity contribution < 1.29 is 33.2 Å². The first-order valence-electron chi connectivity index (χ1n) is 17.2. The van der Waals surface area contributed by atoms with Crippen molar-refractivity contribution in [1.82, 2.24) is 14.7 Å². The third-order valence-electron chi connectivity index (χ3n) is 11.7. The second-order valence-electron chi connectivity index (χ2n) is 14.7. The molecule has 3 aliphatic heterocycles. The fraction of sp³-hybridized carbons (Fsp3) is 0.583. The summed E-state index contributed by atoms with van der Waals surface area (Å²) >= 11 is 0. The van der Waals surface area contributed by atoms with Crippen molar-refractivity contribution in [3.05, 3.63) is 71.8 Å². The molecule has 0 N–H and O–H groups in total. The molecular weight excluding hydrogens is 597 g/mol. The Kier molecular flexibility index (Phi) is 8.72. The van der Waals surface area contributed by atoms with Crippen molar-refractivity contribution in [2.75, 3.05) is 26.2 Å². The van der Waals surface area contributed by atoms with Crippen LogP contribution in [0.15, 0.2) is 60.7 Å². The molecule has 0 aromatic heterocycles. The van der Waals surface area contributed by atoms with Gasteiger partial charge in [0.05, 0.1) is 23.7 Å². The van der Waals surface area contributed by atoms with Gasteiger partial charge in [-0.3, -0.25) is 9.69 Å². The minimum Gasteiger partial charge on any atom is -0.445 e. The van der Waals surface area contributed by atoms with Crippen molar-refractivity contribution in [2.45, 2.75) is 89.8 Å². The van der Waals surface area contributed by atoms with Crippen LogP contribution in [0.3, 0.4) is 0 Å². The first-order valence-corrected chi connectivity index (χ1v) is 17.2. The fourth-order valence-corrected chi connectivity index (χ4v) is 8.80. The highest BCUT2D eigenvalue weighted by atomic mass is 16.7. The van der Waals surface area contributed by atoms with E-state index in [0.29, 0.717) is 31.3 Å². The monoisotopic (exact) mass is 643 g/mol. The Morgan fingerprint density at radius 3 is 2.28 bits per heavy atom. The van der Waals surface area contributed by atoms with Gasteiger partial charge in [0, 0.05) is 19.6 Å². The van der Waals surface area contributed by atoms with Crippen LogP contribution in [0, 0.1) is 17.3 Å². The van der Waals surface area contributed by atoms with Gasteiger partial charge in [-0.2, -0.15) is 0 Å². The van der Waals surface area contributed by atoms with Gasteiger partial charge in [0.2, 0.25) is 5.91 Å². The van der Waals surface area contributed by atoms with E-state index in [0.717, 1.165) is 30.4 Å². The zero-order chi connectivity index (χ0) is 32.8. The zero-order valence-electron chi connectivity index (χ0n) is 27.7. The van der Waals surface area contributed by atoms with Crippen molar-refractivity contribution in [3.8, 4) is 0 Å². The summed E-state index contributed by atoms with van der Waals surface area (Å²) < 4.78 is 24.6. The van der Waals surface area contributed by atoms with E-state index in [1.165, 1.54) is 11.3 Å². The van der Waals surface area contributed by atoms with Gasteiger partial charge < -0.3 is 28.6 Å². The minimum absolute atomic E-state index is 0.0393. The minimum atomic E-state index is -0.573. The summed E-state index contributed by atoms with van der Waals surface area (Å²) in [5.74, 6) is 0.715. The average Bonchev–Trinajstić information content (AvgIpc) is 3.84. The molecule has 3 saturated heterocycles. The van der Waals surface area contributed by atoms with E-state index in [-0.39, 0.29) is 61.3 Å². The van der Waals surface area contributed by atoms with Crippen LogP contribution in [-0.2, 0) is 36.8 Å². The third-order valence-corrected chi connectivity index (χ3v) is 11.7. The van der Waals surface area contributed by atoms with Crippen molar-refractivity contribution in [1.29, 1.82) is 0 Å². The summed E-state index contributed by atoms with van der Waals surface area (Å²) in [7, 11) is -0.480. The van der Waals surface area contributed by atoms with Gasteiger partial charge in [-0.25, -0.2) is 9.59 Å². The van der Waals surface area contributed by atoms with Crippen LogP contribution in [0.4, 0.5) is 9.59 Å². The smallest absolute Gasteiger partial charge is 0.445 e. The molecule has 1 unspecified atom stereocenters. The molecule has 47 heavy (non-hydrogen) atoms. The molecule has 11 heteroatoms. The lowest BCUT2D eigenvalue weighted by atomic mass is 9.43. The van der Waals surface area contributed by atoms with Crippen LogP contribution in [0.5, 0.6) is 0 Å². The lowest BCUT2D eigenvalue weighted by Crippen LogP contribution is -2.65. The highest BCUT2D eigenvalue weighted by Gasteiger charge is 2.69. The number of rotatable bonds is 8. The quantitative estimate of drug-likeness (QED) is 0.361. The Labute approximate surface area is 277 Å². The summed E-state index contributed by atoms with van der Waals surface area (Å²) in [6.07, 6.45) is 3.35. The standard InChI is InChI=1S/C36H46BN3O7/c1-35(2)27-19-29(35)36(3)30(20-27)46-37(47-36)31-15-10-17-39(31)32(41)22-40(34(43)45-24-26-13-8-5-9-14-26)28-16-18-38(21-28)33(42)44-23-25-11-6-4-7-12-25/h4-9,11-14,27-31H,10,15-24H2,1-3H3/t27-,28?,29-,30-,31+,36+/m1/s1. The van der Waals surface area contributed by atoms with Crippen LogP contribution in [0.2, 0.25) is 0 Å². The maximum absolute atomic E-state index is 14.1. The number of carbonyl (C=O) groups excluding carboxylic acids is 3. The molecule has 3 aliphatic carbocycles. The second-order valence-corrected chi connectivity index (χ2v) is 14.7. The highest BCUT2D eigenvalue weighted by Crippen LogP contribution is 2.66. The second kappa shape index (κ2) is 12.8. The van der Waals surface area contributed by atoms with E-state index in [1.54, 1.807) is 4.90 Å². The van der Waals surface area contributed by atoms with Gasteiger partial charge in [-0.1, -0.05) is 74.5 Å². The molecule has 3 amide bonds. The molecule has 10 nitrogen and oxygen atoms in total. The largest absolute Gasteiger partial charge is 0.481 e. The average molecular weight is 644 g/mol. The predicted molar refractivity (Wildman–Crippen MR) is 175 cm³/mol. The Morgan fingerprint density at radius 2 is 1.60 bits per heavy atom. The molecule has 6 atom stereocenters. The highest BCUT2D eigenvalue weighted by molar-refractivity contribution is 6.48. The van der Waals surface area contributed by atoms with E-state index in [9.17, 15) is 14.4 Å². The SMILES string of the molecule is CC1(C)[C@@H]2C[C@H]1[C@]1(C)OB([C@@H]3CCCN3C(=O)CN(C(=O)OCc3ccccc3)C3CCN(C(=O)OCc4ccccc4)C3)O[C@@H]1C2. The maximum atomic E-state index is 14.1. The number of carbonyl (C=O) groups is 3. The molecular formula is C36H46BN3O7. The van der Waals surface area contributed by atoms with E-state index in [2.05, 4.69) is 20.8 Å². The number of hydrogen-bond donors (Lipinski definition) is 0. The van der Waals surface area contributed by atoms with Gasteiger partial charge in [-0.15, -0.1) is 0 Å². The molecule has 250 valence electrons. The predicted octanol–water partition coefficient (Wildman–Crippen LogP) is 5.29. The topological polar surface area (TPSA) is 97.9 Å². The van der Waals surface area contributed by atoms with Crippen molar-refractivity contribution in [3.63, 3.8) is 0 Å². The summed E-state index contributed by atoms with van der Waals surface area (Å²) in [5, 5.41) is 0.